The Bertz CT molecular complexity index is 850. The SMILES string of the molecule is Cn1c(C[C@@H]2CCS(=O)(=O)C2)nnc1SCC(=O)Nc1ccccc1. The Morgan fingerprint density at radius 3 is 2.76 bits per heavy atom. The zero-order chi connectivity index (χ0) is 17.9. The van der Waals surface area contributed by atoms with E-state index in [0.717, 1.165) is 11.5 Å². The Kier molecular flexibility index (Phi) is 5.43. The van der Waals surface area contributed by atoms with Gasteiger partial charge in [-0.05, 0) is 24.5 Å². The highest BCUT2D eigenvalue weighted by Crippen LogP contribution is 2.23. The van der Waals surface area contributed by atoms with Gasteiger partial charge in [-0.1, -0.05) is 30.0 Å². The first kappa shape index (κ1) is 17.9. The van der Waals surface area contributed by atoms with Crippen molar-refractivity contribution in [2.24, 2.45) is 13.0 Å². The number of aromatic nitrogens is 3. The molecule has 1 amide bonds. The number of carbonyl (C=O) groups excluding carboxylic acids is 1. The van der Waals surface area contributed by atoms with Crippen LogP contribution in [0.1, 0.15) is 12.2 Å². The van der Waals surface area contributed by atoms with Gasteiger partial charge in [0.1, 0.15) is 5.82 Å². The number of thioether (sulfide) groups is 1. The minimum atomic E-state index is -2.89. The molecule has 1 aromatic heterocycles. The van der Waals surface area contributed by atoms with Crippen molar-refractivity contribution in [3.05, 3.63) is 36.2 Å². The molecule has 7 nitrogen and oxygen atoms in total. The summed E-state index contributed by atoms with van der Waals surface area (Å²) in [5.41, 5.74) is 0.759. The number of nitrogens with one attached hydrogen (secondary N) is 1. The van der Waals surface area contributed by atoms with Crippen LogP contribution in [0.3, 0.4) is 0 Å². The van der Waals surface area contributed by atoms with Crippen LogP contribution in [0.15, 0.2) is 35.5 Å². The van der Waals surface area contributed by atoms with E-state index >= 15 is 0 Å². The van der Waals surface area contributed by atoms with E-state index in [2.05, 4.69) is 15.5 Å². The second-order valence-electron chi connectivity index (χ2n) is 6.13. The fourth-order valence-electron chi connectivity index (χ4n) is 2.79. The lowest BCUT2D eigenvalue weighted by molar-refractivity contribution is -0.113. The van der Waals surface area contributed by atoms with Crippen molar-refractivity contribution in [2.45, 2.75) is 18.0 Å². The molecule has 0 radical (unpaired) electrons. The third-order valence-electron chi connectivity index (χ3n) is 4.11. The smallest absolute Gasteiger partial charge is 0.234 e. The van der Waals surface area contributed by atoms with Crippen LogP contribution in [-0.2, 0) is 28.1 Å². The molecule has 3 rings (SSSR count). The van der Waals surface area contributed by atoms with Crippen molar-refractivity contribution in [3.63, 3.8) is 0 Å². The molecule has 0 saturated carbocycles. The fourth-order valence-corrected chi connectivity index (χ4v) is 5.38. The topological polar surface area (TPSA) is 93.9 Å². The van der Waals surface area contributed by atoms with E-state index in [0.29, 0.717) is 18.0 Å². The van der Waals surface area contributed by atoms with Gasteiger partial charge in [-0.2, -0.15) is 0 Å². The lowest BCUT2D eigenvalue weighted by Crippen LogP contribution is -2.14. The Hall–Kier alpha value is -1.87. The highest BCUT2D eigenvalue weighted by Gasteiger charge is 2.29. The van der Waals surface area contributed by atoms with E-state index in [1.807, 2.05) is 41.9 Å². The number of anilines is 1. The average molecular weight is 380 g/mol. The lowest BCUT2D eigenvalue weighted by Gasteiger charge is -2.08. The molecule has 1 aliphatic rings. The van der Waals surface area contributed by atoms with E-state index in [-0.39, 0.29) is 29.1 Å². The van der Waals surface area contributed by atoms with E-state index in [1.54, 1.807) is 0 Å². The molecule has 25 heavy (non-hydrogen) atoms. The first-order valence-electron chi connectivity index (χ1n) is 7.99. The van der Waals surface area contributed by atoms with Crippen LogP contribution in [0.2, 0.25) is 0 Å². The number of para-hydroxylation sites is 1. The summed E-state index contributed by atoms with van der Waals surface area (Å²) in [6.45, 7) is 0. The summed E-state index contributed by atoms with van der Waals surface area (Å²) in [6.07, 6.45) is 1.27. The second kappa shape index (κ2) is 7.57. The number of sulfone groups is 1. The number of benzene rings is 1. The van der Waals surface area contributed by atoms with Gasteiger partial charge in [0.05, 0.1) is 17.3 Å². The minimum Gasteiger partial charge on any atom is -0.325 e. The van der Waals surface area contributed by atoms with Gasteiger partial charge in [0.15, 0.2) is 15.0 Å². The van der Waals surface area contributed by atoms with E-state index in [4.69, 9.17) is 0 Å². The van der Waals surface area contributed by atoms with E-state index < -0.39 is 9.84 Å². The molecule has 1 fully saturated rings. The van der Waals surface area contributed by atoms with Gasteiger partial charge in [0.25, 0.3) is 0 Å². The zero-order valence-corrected chi connectivity index (χ0v) is 15.5. The Morgan fingerprint density at radius 1 is 1.32 bits per heavy atom. The number of rotatable bonds is 6. The molecule has 2 heterocycles. The van der Waals surface area contributed by atoms with E-state index in [9.17, 15) is 13.2 Å². The maximum absolute atomic E-state index is 12.0. The fraction of sp³-hybridized carbons (Fsp3) is 0.438. The van der Waals surface area contributed by atoms with Gasteiger partial charge < -0.3 is 9.88 Å². The van der Waals surface area contributed by atoms with Crippen molar-refractivity contribution < 1.29 is 13.2 Å². The summed E-state index contributed by atoms with van der Waals surface area (Å²) in [5.74, 6) is 1.47. The first-order valence-corrected chi connectivity index (χ1v) is 10.8. The van der Waals surface area contributed by atoms with Gasteiger partial charge in [-0.3, -0.25) is 4.79 Å². The van der Waals surface area contributed by atoms with Gasteiger partial charge in [-0.25, -0.2) is 8.42 Å². The summed E-state index contributed by atoms with van der Waals surface area (Å²) in [5, 5.41) is 11.7. The molecule has 0 spiro atoms. The minimum absolute atomic E-state index is 0.104. The van der Waals surface area contributed by atoms with E-state index in [1.165, 1.54) is 11.8 Å². The summed E-state index contributed by atoms with van der Waals surface area (Å²) in [6, 6.07) is 9.28. The van der Waals surface area contributed by atoms with Crippen molar-refractivity contribution in [1.82, 2.24) is 14.8 Å². The summed E-state index contributed by atoms with van der Waals surface area (Å²) >= 11 is 1.31. The van der Waals surface area contributed by atoms with Crippen molar-refractivity contribution in [2.75, 3.05) is 22.6 Å². The normalized spacial score (nSPS) is 19.0. The molecular formula is C16H20N4O3S2. The molecule has 0 aliphatic carbocycles. The zero-order valence-electron chi connectivity index (χ0n) is 13.9. The maximum atomic E-state index is 12.0. The number of carbonyl (C=O) groups is 1. The van der Waals surface area contributed by atoms with Crippen molar-refractivity contribution in [3.8, 4) is 0 Å². The predicted octanol–water partition coefficient (Wildman–Crippen LogP) is 1.52. The summed E-state index contributed by atoms with van der Waals surface area (Å²) in [7, 11) is -1.04. The third kappa shape index (κ3) is 4.82. The number of nitrogens with zero attached hydrogens (tertiary/aromatic N) is 3. The molecular weight excluding hydrogens is 360 g/mol. The van der Waals surface area contributed by atoms with Crippen LogP contribution in [0, 0.1) is 5.92 Å². The Balaban J connectivity index is 1.54. The molecule has 1 aromatic carbocycles. The van der Waals surface area contributed by atoms with Crippen LogP contribution in [0.25, 0.3) is 0 Å². The molecule has 0 unspecified atom stereocenters. The van der Waals surface area contributed by atoms with Gasteiger partial charge in [0.2, 0.25) is 5.91 Å². The summed E-state index contributed by atoms with van der Waals surface area (Å²) in [4.78, 5) is 12.0. The van der Waals surface area contributed by atoms with Crippen LogP contribution >= 0.6 is 11.8 Å². The molecule has 1 N–H and O–H groups in total. The van der Waals surface area contributed by atoms with Gasteiger partial charge in [-0.15, -0.1) is 10.2 Å². The van der Waals surface area contributed by atoms with Gasteiger partial charge >= 0.3 is 0 Å². The van der Waals surface area contributed by atoms with Crippen LogP contribution < -0.4 is 5.32 Å². The molecule has 1 atom stereocenters. The molecule has 134 valence electrons. The number of amides is 1. The summed E-state index contributed by atoms with van der Waals surface area (Å²) < 4.78 is 25.0. The standard InChI is InChI=1S/C16H20N4O3S2/c1-20-14(9-12-7-8-25(22,23)11-12)18-19-16(20)24-10-15(21)17-13-5-3-2-4-6-13/h2-6,12H,7-11H2,1H3,(H,17,21)/t12-/m0/s1. The monoisotopic (exact) mass is 380 g/mol. The number of hydrogen-bond acceptors (Lipinski definition) is 6. The van der Waals surface area contributed by atoms with Crippen molar-refractivity contribution >= 4 is 33.2 Å². The molecule has 1 aliphatic heterocycles. The molecule has 1 saturated heterocycles. The Labute approximate surface area is 151 Å². The largest absolute Gasteiger partial charge is 0.325 e. The molecule has 9 heteroatoms. The highest BCUT2D eigenvalue weighted by atomic mass is 32.2. The molecule has 0 bridgehead atoms. The lowest BCUT2D eigenvalue weighted by atomic mass is 10.1. The van der Waals surface area contributed by atoms with Crippen molar-refractivity contribution in [1.29, 1.82) is 0 Å². The second-order valence-corrected chi connectivity index (χ2v) is 9.31. The van der Waals surface area contributed by atoms with Crippen LogP contribution in [-0.4, -0.2) is 46.3 Å². The average Bonchev–Trinajstić information content (AvgIpc) is 3.09. The predicted molar refractivity (Wildman–Crippen MR) is 97.3 cm³/mol. The quantitative estimate of drug-likeness (QED) is 0.764. The van der Waals surface area contributed by atoms with Crippen LogP contribution in [0.4, 0.5) is 5.69 Å². The maximum Gasteiger partial charge on any atom is 0.234 e. The highest BCUT2D eigenvalue weighted by molar-refractivity contribution is 7.99. The Morgan fingerprint density at radius 2 is 2.08 bits per heavy atom. The van der Waals surface area contributed by atoms with Gasteiger partial charge in [0, 0.05) is 19.2 Å². The first-order chi connectivity index (χ1) is 11.9. The van der Waals surface area contributed by atoms with Crippen LogP contribution in [0.5, 0.6) is 0 Å². The third-order valence-corrected chi connectivity index (χ3v) is 6.97. The number of hydrogen-bond donors (Lipinski definition) is 1. The molecule has 2 aromatic rings.